The molecule has 0 aliphatic carbocycles. The molecule has 6 heteroatoms. The summed E-state index contributed by atoms with van der Waals surface area (Å²) in [6, 6.07) is 0. The summed E-state index contributed by atoms with van der Waals surface area (Å²) in [6.07, 6.45) is 0. The fourth-order valence-corrected chi connectivity index (χ4v) is 1.03. The van der Waals surface area contributed by atoms with Gasteiger partial charge in [0.2, 0.25) is 0 Å². The molecule has 104 valence electrons. The third kappa shape index (κ3) is 12.2. The number of hydrogen-bond donors (Lipinski definition) is 3. The lowest BCUT2D eigenvalue weighted by Crippen LogP contribution is -2.39. The Morgan fingerprint density at radius 3 is 2.59 bits per heavy atom. The second-order valence-corrected chi connectivity index (χ2v) is 3.63. The minimum absolute atomic E-state index is 0. The van der Waals surface area contributed by atoms with E-state index in [2.05, 4.69) is 15.6 Å². The number of aliphatic hydroxyl groups is 1. The quantitative estimate of drug-likeness (QED) is 0.260. The van der Waals surface area contributed by atoms with Gasteiger partial charge in [-0.05, 0) is 19.8 Å². The topological polar surface area (TPSA) is 65.9 Å². The molecular weight excluding hydrogens is 333 g/mol. The number of guanidine groups is 1. The monoisotopic (exact) mass is 359 g/mol. The molecule has 0 aromatic heterocycles. The van der Waals surface area contributed by atoms with E-state index in [1.54, 1.807) is 0 Å². The average molecular weight is 359 g/mol. The number of halogens is 1. The molecule has 1 unspecified atom stereocenters. The first-order valence-electron chi connectivity index (χ1n) is 5.95. The zero-order chi connectivity index (χ0) is 12.2. The predicted molar refractivity (Wildman–Crippen MR) is 82.1 cm³/mol. The Kier molecular flexibility index (Phi) is 15.8. The molecule has 17 heavy (non-hydrogen) atoms. The Morgan fingerprint density at radius 1 is 1.35 bits per heavy atom. The van der Waals surface area contributed by atoms with Gasteiger partial charge in [0.25, 0.3) is 0 Å². The third-order valence-corrected chi connectivity index (χ3v) is 1.96. The maximum absolute atomic E-state index is 8.89. The molecule has 0 spiro atoms. The largest absolute Gasteiger partial charge is 0.396 e. The highest BCUT2D eigenvalue weighted by Gasteiger charge is 2.00. The summed E-state index contributed by atoms with van der Waals surface area (Å²) in [5.74, 6) is 0.977. The van der Waals surface area contributed by atoms with Crippen molar-refractivity contribution in [2.24, 2.45) is 10.9 Å². The number of ether oxygens (including phenoxy) is 1. The first-order chi connectivity index (χ1) is 7.74. The molecule has 0 bridgehead atoms. The van der Waals surface area contributed by atoms with Crippen LogP contribution in [0.2, 0.25) is 0 Å². The van der Waals surface area contributed by atoms with E-state index in [0.29, 0.717) is 13.2 Å². The summed E-state index contributed by atoms with van der Waals surface area (Å²) in [7, 11) is 0. The molecule has 0 aliphatic rings. The van der Waals surface area contributed by atoms with Gasteiger partial charge in [0, 0.05) is 32.8 Å². The molecule has 5 nitrogen and oxygen atoms in total. The van der Waals surface area contributed by atoms with E-state index in [9.17, 15) is 0 Å². The summed E-state index contributed by atoms with van der Waals surface area (Å²) in [4.78, 5) is 4.36. The molecule has 0 aliphatic heterocycles. The van der Waals surface area contributed by atoms with Crippen LogP contribution in [0.5, 0.6) is 0 Å². The van der Waals surface area contributed by atoms with Gasteiger partial charge >= 0.3 is 0 Å². The smallest absolute Gasteiger partial charge is 0.191 e. The van der Waals surface area contributed by atoms with Gasteiger partial charge in [0.05, 0.1) is 6.61 Å². The van der Waals surface area contributed by atoms with E-state index < -0.39 is 0 Å². The SMILES string of the molecule is CCNC(=NCC(C)CO)NCCOCC.I. The predicted octanol–water partition coefficient (Wildman–Crippen LogP) is 0.824. The third-order valence-electron chi connectivity index (χ3n) is 1.96. The van der Waals surface area contributed by atoms with Crippen molar-refractivity contribution in [3.63, 3.8) is 0 Å². The molecular formula is C11H26IN3O2. The molecule has 1 atom stereocenters. The molecule has 0 aromatic carbocycles. The van der Waals surface area contributed by atoms with Crippen molar-refractivity contribution in [1.29, 1.82) is 0 Å². The van der Waals surface area contributed by atoms with Crippen LogP contribution in [0.3, 0.4) is 0 Å². The second-order valence-electron chi connectivity index (χ2n) is 3.63. The minimum Gasteiger partial charge on any atom is -0.396 e. The van der Waals surface area contributed by atoms with Crippen molar-refractivity contribution in [3.05, 3.63) is 0 Å². The Morgan fingerprint density at radius 2 is 2.06 bits per heavy atom. The fourth-order valence-electron chi connectivity index (χ4n) is 1.03. The zero-order valence-electron chi connectivity index (χ0n) is 11.0. The lowest BCUT2D eigenvalue weighted by molar-refractivity contribution is 0.152. The van der Waals surface area contributed by atoms with Gasteiger partial charge in [-0.25, -0.2) is 0 Å². The Bertz CT molecular complexity index is 192. The van der Waals surface area contributed by atoms with Crippen molar-refractivity contribution in [2.45, 2.75) is 20.8 Å². The van der Waals surface area contributed by atoms with Crippen LogP contribution in [0, 0.1) is 5.92 Å². The van der Waals surface area contributed by atoms with Crippen LogP contribution < -0.4 is 10.6 Å². The van der Waals surface area contributed by atoms with Crippen molar-refractivity contribution >= 4 is 29.9 Å². The lowest BCUT2D eigenvalue weighted by atomic mass is 10.2. The van der Waals surface area contributed by atoms with E-state index in [1.807, 2.05) is 20.8 Å². The van der Waals surface area contributed by atoms with E-state index in [1.165, 1.54) is 0 Å². The Balaban J connectivity index is 0. The molecule has 0 saturated heterocycles. The van der Waals surface area contributed by atoms with Crippen LogP contribution in [0.15, 0.2) is 4.99 Å². The van der Waals surface area contributed by atoms with Gasteiger partial charge in [-0.1, -0.05) is 6.92 Å². The first kappa shape index (κ1) is 19.3. The molecule has 0 rings (SSSR count). The van der Waals surface area contributed by atoms with E-state index in [-0.39, 0.29) is 36.5 Å². The Hall–Kier alpha value is -0.0800. The van der Waals surface area contributed by atoms with Crippen LogP contribution in [-0.2, 0) is 4.74 Å². The van der Waals surface area contributed by atoms with Gasteiger partial charge in [-0.3, -0.25) is 4.99 Å². The highest BCUT2D eigenvalue weighted by Crippen LogP contribution is 1.92. The van der Waals surface area contributed by atoms with Crippen LogP contribution in [0.1, 0.15) is 20.8 Å². The van der Waals surface area contributed by atoms with Gasteiger partial charge in [-0.2, -0.15) is 0 Å². The lowest BCUT2D eigenvalue weighted by Gasteiger charge is -2.12. The zero-order valence-corrected chi connectivity index (χ0v) is 13.4. The number of aliphatic hydroxyl groups excluding tert-OH is 1. The molecule has 0 amide bonds. The summed E-state index contributed by atoms with van der Waals surface area (Å²) in [5.41, 5.74) is 0. The van der Waals surface area contributed by atoms with E-state index >= 15 is 0 Å². The number of aliphatic imine (C=N–C) groups is 1. The highest BCUT2D eigenvalue weighted by molar-refractivity contribution is 14.0. The van der Waals surface area contributed by atoms with Crippen molar-refractivity contribution in [1.82, 2.24) is 10.6 Å². The van der Waals surface area contributed by atoms with E-state index in [0.717, 1.165) is 25.7 Å². The normalized spacial score (nSPS) is 12.8. The van der Waals surface area contributed by atoms with E-state index in [4.69, 9.17) is 9.84 Å². The summed E-state index contributed by atoms with van der Waals surface area (Å²) < 4.78 is 5.22. The fraction of sp³-hybridized carbons (Fsp3) is 0.909. The maximum atomic E-state index is 8.89. The molecule has 0 saturated carbocycles. The van der Waals surface area contributed by atoms with Gasteiger partial charge in [0.1, 0.15) is 0 Å². The molecule has 3 N–H and O–H groups in total. The van der Waals surface area contributed by atoms with Crippen molar-refractivity contribution in [3.8, 4) is 0 Å². The average Bonchev–Trinajstić information content (AvgIpc) is 2.30. The summed E-state index contributed by atoms with van der Waals surface area (Å²) in [5, 5.41) is 15.2. The number of nitrogens with zero attached hydrogens (tertiary/aromatic N) is 1. The Labute approximate surface area is 121 Å². The van der Waals surface area contributed by atoms with Crippen LogP contribution in [0.25, 0.3) is 0 Å². The standard InChI is InChI=1S/C11H25N3O2.HI/c1-4-12-11(13-6-7-16-5-2)14-8-10(3)9-15;/h10,15H,4-9H2,1-3H3,(H2,12,13,14);1H. The van der Waals surface area contributed by atoms with Crippen molar-refractivity contribution in [2.75, 3.05) is 39.5 Å². The second kappa shape index (κ2) is 14.0. The van der Waals surface area contributed by atoms with Gasteiger partial charge in [-0.15, -0.1) is 24.0 Å². The minimum atomic E-state index is 0. The van der Waals surface area contributed by atoms with Crippen molar-refractivity contribution < 1.29 is 9.84 Å². The number of nitrogens with one attached hydrogen (secondary N) is 2. The highest BCUT2D eigenvalue weighted by atomic mass is 127. The molecule has 0 aromatic rings. The molecule has 0 fully saturated rings. The summed E-state index contributed by atoms with van der Waals surface area (Å²) >= 11 is 0. The number of rotatable bonds is 8. The van der Waals surface area contributed by atoms with Gasteiger partial charge in [0.15, 0.2) is 5.96 Å². The molecule has 0 radical (unpaired) electrons. The van der Waals surface area contributed by atoms with Crippen LogP contribution in [0.4, 0.5) is 0 Å². The van der Waals surface area contributed by atoms with Crippen LogP contribution in [-0.4, -0.2) is 50.5 Å². The number of hydrogen-bond acceptors (Lipinski definition) is 3. The van der Waals surface area contributed by atoms with Crippen LogP contribution >= 0.6 is 24.0 Å². The van der Waals surface area contributed by atoms with Gasteiger partial charge < -0.3 is 20.5 Å². The molecule has 0 heterocycles. The first-order valence-corrected chi connectivity index (χ1v) is 5.95. The summed E-state index contributed by atoms with van der Waals surface area (Å²) in [6.45, 7) is 9.74. The maximum Gasteiger partial charge on any atom is 0.191 e.